The number of hydrogen-bond acceptors (Lipinski definition) is 5. The molecule has 0 unspecified atom stereocenters. The van der Waals surface area contributed by atoms with Gasteiger partial charge in [0.15, 0.2) is 0 Å². The van der Waals surface area contributed by atoms with Crippen molar-refractivity contribution >= 4 is 17.8 Å². The standard InChI is InChI=1S/C18H26N2O5/c1-4-6-11-25-15-9-7-14(8-10-15)18(23)19-12-16(21)20(3)13-17(22)24-5-2/h7-10H,4-6,11-13H2,1-3H3,(H,19,23). The van der Waals surface area contributed by atoms with E-state index in [1.165, 1.54) is 11.9 Å². The number of nitrogens with zero attached hydrogens (tertiary/aromatic N) is 1. The van der Waals surface area contributed by atoms with E-state index >= 15 is 0 Å². The van der Waals surface area contributed by atoms with E-state index in [0.29, 0.717) is 17.9 Å². The molecule has 1 rings (SSSR count). The largest absolute Gasteiger partial charge is 0.494 e. The molecule has 0 bridgehead atoms. The number of hydrogen-bond donors (Lipinski definition) is 1. The predicted molar refractivity (Wildman–Crippen MR) is 93.4 cm³/mol. The second-order valence-electron chi connectivity index (χ2n) is 5.46. The first-order chi connectivity index (χ1) is 12.0. The number of esters is 1. The highest BCUT2D eigenvalue weighted by molar-refractivity contribution is 5.96. The topological polar surface area (TPSA) is 84.9 Å². The van der Waals surface area contributed by atoms with E-state index in [2.05, 4.69) is 12.2 Å². The van der Waals surface area contributed by atoms with E-state index in [4.69, 9.17) is 9.47 Å². The Morgan fingerprint density at radius 1 is 1.12 bits per heavy atom. The van der Waals surface area contributed by atoms with E-state index < -0.39 is 5.97 Å². The zero-order chi connectivity index (χ0) is 18.7. The summed E-state index contributed by atoms with van der Waals surface area (Å²) in [6.07, 6.45) is 2.03. The molecule has 0 fully saturated rings. The van der Waals surface area contributed by atoms with Crippen LogP contribution in [-0.4, -0.2) is 56.0 Å². The van der Waals surface area contributed by atoms with E-state index in [-0.39, 0.29) is 31.5 Å². The van der Waals surface area contributed by atoms with E-state index in [0.717, 1.165) is 12.8 Å². The van der Waals surface area contributed by atoms with Crippen molar-refractivity contribution in [3.63, 3.8) is 0 Å². The first kappa shape index (κ1) is 20.5. The van der Waals surface area contributed by atoms with Gasteiger partial charge in [-0.3, -0.25) is 14.4 Å². The van der Waals surface area contributed by atoms with Crippen LogP contribution in [0.15, 0.2) is 24.3 Å². The number of likely N-dealkylation sites (N-methyl/N-ethyl adjacent to an activating group) is 1. The molecule has 0 spiro atoms. The summed E-state index contributed by atoms with van der Waals surface area (Å²) in [7, 11) is 1.48. The average Bonchev–Trinajstić information content (AvgIpc) is 2.60. The number of ether oxygens (including phenoxy) is 2. The molecule has 138 valence electrons. The highest BCUT2D eigenvalue weighted by Crippen LogP contribution is 2.12. The minimum Gasteiger partial charge on any atom is -0.494 e. The van der Waals surface area contributed by atoms with Crippen LogP contribution < -0.4 is 10.1 Å². The van der Waals surface area contributed by atoms with Gasteiger partial charge in [0.1, 0.15) is 12.3 Å². The zero-order valence-electron chi connectivity index (χ0n) is 15.0. The molecule has 0 atom stereocenters. The molecule has 0 aliphatic rings. The summed E-state index contributed by atoms with van der Waals surface area (Å²) in [5, 5.41) is 2.53. The van der Waals surface area contributed by atoms with Crippen LogP contribution >= 0.6 is 0 Å². The highest BCUT2D eigenvalue weighted by Gasteiger charge is 2.15. The number of unbranched alkanes of at least 4 members (excludes halogenated alkanes) is 1. The fraction of sp³-hybridized carbons (Fsp3) is 0.500. The lowest BCUT2D eigenvalue weighted by Gasteiger charge is -2.16. The van der Waals surface area contributed by atoms with Crippen molar-refractivity contribution in [1.29, 1.82) is 0 Å². The summed E-state index contributed by atoms with van der Waals surface area (Å²) in [5.74, 6) is -0.516. The predicted octanol–water partition coefficient (Wildman–Crippen LogP) is 1.62. The molecular formula is C18H26N2O5. The number of rotatable bonds is 10. The maximum absolute atomic E-state index is 12.1. The Morgan fingerprint density at radius 2 is 1.80 bits per heavy atom. The normalized spacial score (nSPS) is 10.0. The summed E-state index contributed by atoms with van der Waals surface area (Å²) in [6.45, 7) is 4.34. The van der Waals surface area contributed by atoms with Crippen LogP contribution in [0.4, 0.5) is 0 Å². The summed E-state index contributed by atoms with van der Waals surface area (Å²) >= 11 is 0. The molecule has 0 radical (unpaired) electrons. The van der Waals surface area contributed by atoms with Gasteiger partial charge in [0.25, 0.3) is 5.91 Å². The van der Waals surface area contributed by atoms with Gasteiger partial charge in [-0.2, -0.15) is 0 Å². The van der Waals surface area contributed by atoms with Crippen LogP contribution in [0.2, 0.25) is 0 Å². The lowest BCUT2D eigenvalue weighted by Crippen LogP contribution is -2.40. The average molecular weight is 350 g/mol. The smallest absolute Gasteiger partial charge is 0.325 e. The van der Waals surface area contributed by atoms with E-state index in [9.17, 15) is 14.4 Å². The number of carbonyl (C=O) groups is 3. The summed E-state index contributed by atoms with van der Waals surface area (Å²) in [4.78, 5) is 36.5. The van der Waals surface area contributed by atoms with Crippen LogP contribution in [0, 0.1) is 0 Å². The molecule has 0 aromatic heterocycles. The molecule has 1 aromatic carbocycles. The summed E-state index contributed by atoms with van der Waals surface area (Å²) in [5.41, 5.74) is 0.434. The van der Waals surface area contributed by atoms with Gasteiger partial charge >= 0.3 is 5.97 Å². The molecule has 0 saturated carbocycles. The van der Waals surface area contributed by atoms with Crippen molar-refractivity contribution in [3.8, 4) is 5.75 Å². The number of carbonyl (C=O) groups excluding carboxylic acids is 3. The fourth-order valence-electron chi connectivity index (χ4n) is 1.92. The molecule has 0 heterocycles. The van der Waals surface area contributed by atoms with Gasteiger partial charge in [0.05, 0.1) is 19.8 Å². The monoisotopic (exact) mass is 350 g/mol. The van der Waals surface area contributed by atoms with Gasteiger partial charge < -0.3 is 19.7 Å². The number of nitrogens with one attached hydrogen (secondary N) is 1. The van der Waals surface area contributed by atoms with Gasteiger partial charge in [-0.1, -0.05) is 13.3 Å². The van der Waals surface area contributed by atoms with Crippen molar-refractivity contribution < 1.29 is 23.9 Å². The van der Waals surface area contributed by atoms with Crippen LogP contribution in [0.25, 0.3) is 0 Å². The lowest BCUT2D eigenvalue weighted by molar-refractivity contribution is -0.147. The minimum atomic E-state index is -0.483. The second-order valence-corrected chi connectivity index (χ2v) is 5.46. The first-order valence-electron chi connectivity index (χ1n) is 8.38. The Bertz CT molecular complexity index is 571. The molecule has 7 nitrogen and oxygen atoms in total. The molecular weight excluding hydrogens is 324 g/mol. The van der Waals surface area contributed by atoms with Crippen LogP contribution in [0.1, 0.15) is 37.0 Å². The van der Waals surface area contributed by atoms with Gasteiger partial charge in [-0.05, 0) is 37.6 Å². The second kappa shape index (κ2) is 11.1. The fourth-order valence-corrected chi connectivity index (χ4v) is 1.92. The molecule has 1 aromatic rings. The molecule has 25 heavy (non-hydrogen) atoms. The van der Waals surface area contributed by atoms with Gasteiger partial charge in [0.2, 0.25) is 5.91 Å². The third-order valence-corrected chi connectivity index (χ3v) is 3.38. The zero-order valence-corrected chi connectivity index (χ0v) is 15.0. The Labute approximate surface area is 148 Å². The Morgan fingerprint density at radius 3 is 2.40 bits per heavy atom. The van der Waals surface area contributed by atoms with Crippen LogP contribution in [-0.2, 0) is 14.3 Å². The molecule has 0 saturated heterocycles. The molecule has 1 N–H and O–H groups in total. The maximum Gasteiger partial charge on any atom is 0.325 e. The first-order valence-corrected chi connectivity index (χ1v) is 8.38. The molecule has 7 heteroatoms. The maximum atomic E-state index is 12.1. The lowest BCUT2D eigenvalue weighted by atomic mass is 10.2. The Hall–Kier alpha value is -2.57. The summed E-state index contributed by atoms with van der Waals surface area (Å²) < 4.78 is 10.3. The molecule has 0 aliphatic carbocycles. The number of amides is 2. The van der Waals surface area contributed by atoms with Crippen LogP contribution in [0.3, 0.4) is 0 Å². The van der Waals surface area contributed by atoms with Crippen LogP contribution in [0.5, 0.6) is 5.75 Å². The van der Waals surface area contributed by atoms with Crippen molar-refractivity contribution in [2.75, 3.05) is 33.4 Å². The molecule has 0 aliphatic heterocycles. The van der Waals surface area contributed by atoms with Crippen molar-refractivity contribution in [1.82, 2.24) is 10.2 Å². The number of benzene rings is 1. The third-order valence-electron chi connectivity index (χ3n) is 3.38. The third kappa shape index (κ3) is 7.69. The summed E-state index contributed by atoms with van der Waals surface area (Å²) in [6, 6.07) is 6.73. The Balaban J connectivity index is 2.42. The molecule has 2 amide bonds. The van der Waals surface area contributed by atoms with Crippen molar-refractivity contribution in [3.05, 3.63) is 29.8 Å². The van der Waals surface area contributed by atoms with Gasteiger partial charge in [-0.15, -0.1) is 0 Å². The van der Waals surface area contributed by atoms with Gasteiger partial charge in [-0.25, -0.2) is 0 Å². The van der Waals surface area contributed by atoms with Crippen molar-refractivity contribution in [2.45, 2.75) is 26.7 Å². The Kier molecular flexibility index (Phi) is 9.06. The van der Waals surface area contributed by atoms with E-state index in [1.54, 1.807) is 31.2 Å². The minimum absolute atomic E-state index is 0.146. The van der Waals surface area contributed by atoms with Crippen molar-refractivity contribution in [2.24, 2.45) is 0 Å². The SMILES string of the molecule is CCCCOc1ccc(C(=O)NCC(=O)N(C)CC(=O)OCC)cc1. The quantitative estimate of drug-likeness (QED) is 0.512. The van der Waals surface area contributed by atoms with E-state index in [1.807, 2.05) is 0 Å². The van der Waals surface area contributed by atoms with Gasteiger partial charge in [0, 0.05) is 12.6 Å². The highest BCUT2D eigenvalue weighted by atomic mass is 16.5.